The molecule has 1 atom stereocenters. The molecule has 2 aromatic heterocycles. The molecule has 1 aliphatic rings. The first-order valence-corrected chi connectivity index (χ1v) is 12.0. The van der Waals surface area contributed by atoms with Crippen LogP contribution in [0.5, 0.6) is 5.88 Å². The Labute approximate surface area is 210 Å². The van der Waals surface area contributed by atoms with Crippen LogP contribution in [0.2, 0.25) is 0 Å². The van der Waals surface area contributed by atoms with Gasteiger partial charge < -0.3 is 15.0 Å². The van der Waals surface area contributed by atoms with Crippen molar-refractivity contribution in [3.05, 3.63) is 77.4 Å². The van der Waals surface area contributed by atoms with Crippen molar-refractivity contribution in [2.45, 2.75) is 13.3 Å². The normalized spacial score (nSPS) is 15.1. The SMILES string of the molecule is [C-]#[N+]c1ccc(-c2nc(OC[C@@H]3CCNC3)c3nc(C(=O)N(C)C)cn3c2-c2ccc(C)cc2)cc1. The van der Waals surface area contributed by atoms with Crippen LogP contribution in [-0.2, 0) is 0 Å². The van der Waals surface area contributed by atoms with Crippen LogP contribution >= 0.6 is 0 Å². The molecule has 0 aliphatic carbocycles. The van der Waals surface area contributed by atoms with Gasteiger partial charge in [-0.1, -0.05) is 54.1 Å². The molecule has 0 bridgehead atoms. The van der Waals surface area contributed by atoms with E-state index in [4.69, 9.17) is 16.3 Å². The molecule has 182 valence electrons. The Kier molecular flexibility index (Phi) is 6.40. The van der Waals surface area contributed by atoms with Gasteiger partial charge in [0.25, 0.3) is 11.8 Å². The topological polar surface area (TPSA) is 76.1 Å². The van der Waals surface area contributed by atoms with Crippen LogP contribution in [0, 0.1) is 19.4 Å². The number of aromatic nitrogens is 3. The second-order valence-corrected chi connectivity index (χ2v) is 9.33. The van der Waals surface area contributed by atoms with Crippen LogP contribution in [0.3, 0.4) is 0 Å². The molecule has 0 radical (unpaired) electrons. The van der Waals surface area contributed by atoms with Crippen molar-refractivity contribution in [2.75, 3.05) is 33.8 Å². The quantitative estimate of drug-likeness (QED) is 0.408. The Morgan fingerprint density at radius 1 is 1.14 bits per heavy atom. The van der Waals surface area contributed by atoms with Crippen molar-refractivity contribution in [3.63, 3.8) is 0 Å². The Hall–Kier alpha value is -4.22. The van der Waals surface area contributed by atoms with Crippen molar-refractivity contribution >= 4 is 17.2 Å². The van der Waals surface area contributed by atoms with Crippen LogP contribution in [0.4, 0.5) is 5.69 Å². The van der Waals surface area contributed by atoms with E-state index in [-0.39, 0.29) is 5.91 Å². The number of fused-ring (bicyclic) bond motifs is 1. The van der Waals surface area contributed by atoms with E-state index in [9.17, 15) is 4.79 Å². The summed E-state index contributed by atoms with van der Waals surface area (Å²) in [6.45, 7) is 11.7. The zero-order valence-corrected chi connectivity index (χ0v) is 20.7. The van der Waals surface area contributed by atoms with E-state index in [1.807, 2.05) is 47.7 Å². The summed E-state index contributed by atoms with van der Waals surface area (Å²) in [5.74, 6) is 0.588. The molecular formula is C28H28N6O2. The predicted octanol–water partition coefficient (Wildman–Crippen LogP) is 4.61. The molecule has 0 unspecified atom stereocenters. The minimum atomic E-state index is -0.192. The lowest BCUT2D eigenvalue weighted by molar-refractivity contribution is 0.0822. The number of carbonyl (C=O) groups excluding carboxylic acids is 1. The molecule has 1 aliphatic heterocycles. The van der Waals surface area contributed by atoms with Crippen LogP contribution < -0.4 is 10.1 Å². The first-order chi connectivity index (χ1) is 17.4. The van der Waals surface area contributed by atoms with Gasteiger partial charge in [0, 0.05) is 38.3 Å². The van der Waals surface area contributed by atoms with Crippen LogP contribution in [0.15, 0.2) is 54.7 Å². The summed E-state index contributed by atoms with van der Waals surface area (Å²) in [5, 5.41) is 3.36. The standard InChI is InChI=1S/C28H28N6O2/c1-18-5-7-21(8-6-18)25-24(20-9-11-22(29-2)12-10-20)32-27(36-17-19-13-14-30-15-19)26-31-23(16-34(25)26)28(35)33(3)4/h5-12,16,19,30H,13-15,17H2,1,3-4H3/t19-/m1/s1. The number of imidazole rings is 1. The lowest BCUT2D eigenvalue weighted by Gasteiger charge is -2.17. The van der Waals surface area contributed by atoms with Crippen LogP contribution in [0.25, 0.3) is 33.0 Å². The number of benzene rings is 2. The average Bonchev–Trinajstić information content (AvgIpc) is 3.57. The molecule has 2 aromatic carbocycles. The van der Waals surface area contributed by atoms with E-state index in [0.29, 0.717) is 41.1 Å². The maximum Gasteiger partial charge on any atom is 0.273 e. The third-order valence-corrected chi connectivity index (χ3v) is 6.41. The third-order valence-electron chi connectivity index (χ3n) is 6.41. The monoisotopic (exact) mass is 480 g/mol. The van der Waals surface area contributed by atoms with Gasteiger partial charge in [-0.05, 0) is 25.5 Å². The van der Waals surface area contributed by atoms with Gasteiger partial charge in [-0.25, -0.2) is 14.8 Å². The fourth-order valence-corrected chi connectivity index (χ4v) is 4.38. The summed E-state index contributed by atoms with van der Waals surface area (Å²) in [4.78, 5) is 27.5. The zero-order valence-electron chi connectivity index (χ0n) is 20.7. The summed E-state index contributed by atoms with van der Waals surface area (Å²) >= 11 is 0. The number of nitrogens with zero attached hydrogens (tertiary/aromatic N) is 5. The van der Waals surface area contributed by atoms with Gasteiger partial charge in [0.05, 0.1) is 24.6 Å². The highest BCUT2D eigenvalue weighted by Crippen LogP contribution is 2.36. The first kappa shape index (κ1) is 23.5. The number of ether oxygens (including phenoxy) is 1. The Morgan fingerprint density at radius 2 is 1.86 bits per heavy atom. The summed E-state index contributed by atoms with van der Waals surface area (Å²) in [6.07, 6.45) is 2.80. The van der Waals surface area contributed by atoms with Gasteiger partial charge in [-0.15, -0.1) is 0 Å². The summed E-state index contributed by atoms with van der Waals surface area (Å²) in [7, 11) is 3.42. The fourth-order valence-electron chi connectivity index (χ4n) is 4.38. The molecule has 0 spiro atoms. The number of hydrogen-bond donors (Lipinski definition) is 1. The lowest BCUT2D eigenvalue weighted by Crippen LogP contribution is -2.21. The van der Waals surface area contributed by atoms with E-state index in [2.05, 4.69) is 15.1 Å². The summed E-state index contributed by atoms with van der Waals surface area (Å²) in [5.41, 5.74) is 5.82. The minimum Gasteiger partial charge on any atom is -0.475 e. The van der Waals surface area contributed by atoms with Gasteiger partial charge in [0.2, 0.25) is 5.65 Å². The fraction of sp³-hybridized carbons (Fsp3) is 0.286. The molecule has 8 nitrogen and oxygen atoms in total. The van der Waals surface area contributed by atoms with Gasteiger partial charge in [-0.2, -0.15) is 0 Å². The number of carbonyl (C=O) groups is 1. The van der Waals surface area contributed by atoms with Crippen molar-refractivity contribution in [3.8, 4) is 28.4 Å². The molecule has 1 N–H and O–H groups in total. The molecule has 8 heteroatoms. The van der Waals surface area contributed by atoms with Crippen LogP contribution in [-0.4, -0.2) is 59.0 Å². The minimum absolute atomic E-state index is 0.192. The average molecular weight is 481 g/mol. The van der Waals surface area contributed by atoms with E-state index >= 15 is 0 Å². The lowest BCUT2D eigenvalue weighted by atomic mass is 10.0. The Bertz CT molecular complexity index is 1440. The third kappa shape index (κ3) is 4.53. The molecule has 1 fully saturated rings. The number of hydrogen-bond acceptors (Lipinski definition) is 5. The smallest absolute Gasteiger partial charge is 0.273 e. The Balaban J connectivity index is 1.75. The van der Waals surface area contributed by atoms with Crippen LogP contribution in [0.1, 0.15) is 22.5 Å². The summed E-state index contributed by atoms with van der Waals surface area (Å²) in [6, 6.07) is 15.5. The van der Waals surface area contributed by atoms with Crippen molar-refractivity contribution in [2.24, 2.45) is 5.92 Å². The maximum absolute atomic E-state index is 12.9. The Morgan fingerprint density at radius 3 is 2.50 bits per heavy atom. The maximum atomic E-state index is 12.9. The van der Waals surface area contributed by atoms with Crippen molar-refractivity contribution in [1.29, 1.82) is 0 Å². The highest BCUT2D eigenvalue weighted by molar-refractivity contribution is 5.93. The molecule has 1 saturated heterocycles. The number of nitrogens with one attached hydrogen (secondary N) is 1. The molecular weight excluding hydrogens is 452 g/mol. The van der Waals surface area contributed by atoms with E-state index in [1.54, 1.807) is 32.4 Å². The number of amides is 1. The van der Waals surface area contributed by atoms with Crippen molar-refractivity contribution in [1.82, 2.24) is 24.6 Å². The van der Waals surface area contributed by atoms with Gasteiger partial charge >= 0.3 is 0 Å². The second kappa shape index (κ2) is 9.80. The highest BCUT2D eigenvalue weighted by atomic mass is 16.5. The molecule has 0 saturated carbocycles. The number of aryl methyl sites for hydroxylation is 1. The zero-order chi connectivity index (χ0) is 25.2. The van der Waals surface area contributed by atoms with Crippen molar-refractivity contribution < 1.29 is 9.53 Å². The summed E-state index contributed by atoms with van der Waals surface area (Å²) < 4.78 is 8.18. The molecule has 3 heterocycles. The van der Waals surface area contributed by atoms with E-state index < -0.39 is 0 Å². The molecule has 5 rings (SSSR count). The largest absolute Gasteiger partial charge is 0.475 e. The predicted molar refractivity (Wildman–Crippen MR) is 139 cm³/mol. The molecule has 1 amide bonds. The molecule has 36 heavy (non-hydrogen) atoms. The highest BCUT2D eigenvalue weighted by Gasteiger charge is 2.24. The molecule has 4 aromatic rings. The first-order valence-electron chi connectivity index (χ1n) is 12.0. The second-order valence-electron chi connectivity index (χ2n) is 9.33. The van der Waals surface area contributed by atoms with E-state index in [1.165, 1.54) is 4.90 Å². The number of rotatable bonds is 6. The van der Waals surface area contributed by atoms with Gasteiger partial charge in [0.15, 0.2) is 5.69 Å². The van der Waals surface area contributed by atoms with E-state index in [0.717, 1.165) is 41.9 Å². The van der Waals surface area contributed by atoms with Gasteiger partial charge in [-0.3, -0.25) is 9.20 Å². The van der Waals surface area contributed by atoms with Gasteiger partial charge in [0.1, 0.15) is 5.69 Å².